The van der Waals surface area contributed by atoms with Crippen LogP contribution in [0.25, 0.3) is 22.2 Å². The van der Waals surface area contributed by atoms with Gasteiger partial charge in [0.15, 0.2) is 0 Å². The lowest BCUT2D eigenvalue weighted by Crippen LogP contribution is -2.64. The standard InChI is InChI=1S/C17H15N7/c1-11(4-18)17(9-20-10-17)24-8-13(7-23-24)15-12(5-19)6-22-16-14(15)2-3-21-16/h2-3,6-8,11,20H,9-10H2,1H3,(H,21,22). The van der Waals surface area contributed by atoms with Gasteiger partial charge in [-0.2, -0.15) is 15.6 Å². The van der Waals surface area contributed by atoms with Crippen molar-refractivity contribution in [1.29, 1.82) is 10.5 Å². The van der Waals surface area contributed by atoms with Crippen LogP contribution >= 0.6 is 0 Å². The van der Waals surface area contributed by atoms with Crippen molar-refractivity contribution in [3.05, 3.63) is 36.4 Å². The number of hydrogen-bond acceptors (Lipinski definition) is 5. The molecular weight excluding hydrogens is 302 g/mol. The second kappa shape index (κ2) is 5.19. The van der Waals surface area contributed by atoms with Gasteiger partial charge in [0.2, 0.25) is 0 Å². The number of rotatable bonds is 3. The van der Waals surface area contributed by atoms with Gasteiger partial charge in [-0.05, 0) is 13.0 Å². The second-order valence-electron chi connectivity index (χ2n) is 6.13. The molecule has 4 heterocycles. The van der Waals surface area contributed by atoms with E-state index in [0.29, 0.717) is 18.7 Å². The van der Waals surface area contributed by atoms with Crippen LogP contribution in [-0.4, -0.2) is 32.8 Å². The molecular formula is C17H15N7. The van der Waals surface area contributed by atoms with Gasteiger partial charge in [0.25, 0.3) is 0 Å². The van der Waals surface area contributed by atoms with E-state index < -0.39 is 0 Å². The van der Waals surface area contributed by atoms with Crippen LogP contribution in [0.2, 0.25) is 0 Å². The molecule has 2 N–H and O–H groups in total. The Balaban J connectivity index is 1.86. The molecule has 1 unspecified atom stereocenters. The third-order valence-electron chi connectivity index (χ3n) is 4.90. The molecule has 1 aliphatic heterocycles. The zero-order chi connectivity index (χ0) is 16.7. The van der Waals surface area contributed by atoms with Gasteiger partial charge < -0.3 is 10.3 Å². The molecule has 118 valence electrons. The van der Waals surface area contributed by atoms with Crippen LogP contribution in [0.5, 0.6) is 0 Å². The van der Waals surface area contributed by atoms with Gasteiger partial charge in [0.05, 0.1) is 23.7 Å². The van der Waals surface area contributed by atoms with E-state index in [-0.39, 0.29) is 11.5 Å². The molecule has 4 rings (SSSR count). The first kappa shape index (κ1) is 14.4. The minimum Gasteiger partial charge on any atom is -0.346 e. The van der Waals surface area contributed by atoms with Crippen LogP contribution in [0.1, 0.15) is 12.5 Å². The van der Waals surface area contributed by atoms with E-state index in [1.807, 2.05) is 30.1 Å². The number of pyridine rings is 1. The Kier molecular flexibility index (Phi) is 3.12. The molecule has 0 spiro atoms. The van der Waals surface area contributed by atoms with Crippen molar-refractivity contribution in [2.45, 2.75) is 12.5 Å². The molecule has 7 heteroatoms. The van der Waals surface area contributed by atoms with Gasteiger partial charge in [0, 0.05) is 48.2 Å². The maximum absolute atomic E-state index is 9.45. The van der Waals surface area contributed by atoms with Crippen molar-refractivity contribution < 1.29 is 0 Å². The van der Waals surface area contributed by atoms with E-state index in [4.69, 9.17) is 0 Å². The first-order valence-electron chi connectivity index (χ1n) is 7.71. The summed E-state index contributed by atoms with van der Waals surface area (Å²) in [5.41, 5.74) is 2.60. The monoisotopic (exact) mass is 317 g/mol. The number of nitrogens with one attached hydrogen (secondary N) is 2. The number of nitrogens with zero attached hydrogens (tertiary/aromatic N) is 5. The van der Waals surface area contributed by atoms with Crippen molar-refractivity contribution >= 4 is 11.0 Å². The van der Waals surface area contributed by atoms with Crippen LogP contribution in [0, 0.1) is 28.6 Å². The number of fused-ring (bicyclic) bond motifs is 1. The lowest BCUT2D eigenvalue weighted by atomic mass is 9.81. The zero-order valence-electron chi connectivity index (χ0n) is 13.1. The summed E-state index contributed by atoms with van der Waals surface area (Å²) in [6.45, 7) is 3.34. The highest BCUT2D eigenvalue weighted by atomic mass is 15.4. The summed E-state index contributed by atoms with van der Waals surface area (Å²) in [6, 6.07) is 6.45. The molecule has 3 aromatic rings. The topological polar surface area (TPSA) is 106 Å². The van der Waals surface area contributed by atoms with E-state index >= 15 is 0 Å². The third kappa shape index (κ3) is 1.86. The molecule has 0 bridgehead atoms. The van der Waals surface area contributed by atoms with Gasteiger partial charge >= 0.3 is 0 Å². The Hall–Kier alpha value is -3.16. The van der Waals surface area contributed by atoms with E-state index in [2.05, 4.69) is 32.5 Å². The zero-order valence-corrected chi connectivity index (χ0v) is 13.1. The fourth-order valence-corrected chi connectivity index (χ4v) is 3.27. The van der Waals surface area contributed by atoms with Gasteiger partial charge in [0.1, 0.15) is 17.3 Å². The molecule has 1 fully saturated rings. The molecule has 0 aliphatic carbocycles. The number of nitriles is 2. The molecule has 1 atom stereocenters. The van der Waals surface area contributed by atoms with E-state index in [1.54, 1.807) is 12.4 Å². The average molecular weight is 317 g/mol. The van der Waals surface area contributed by atoms with E-state index in [0.717, 1.165) is 22.2 Å². The van der Waals surface area contributed by atoms with Gasteiger partial charge in [-0.25, -0.2) is 4.98 Å². The fourth-order valence-electron chi connectivity index (χ4n) is 3.27. The molecule has 0 radical (unpaired) electrons. The van der Waals surface area contributed by atoms with Crippen LogP contribution in [-0.2, 0) is 5.54 Å². The summed E-state index contributed by atoms with van der Waals surface area (Å²) >= 11 is 0. The predicted octanol–water partition coefficient (Wildman–Crippen LogP) is 1.76. The molecule has 0 amide bonds. The van der Waals surface area contributed by atoms with Gasteiger partial charge in [-0.15, -0.1) is 0 Å². The molecule has 7 nitrogen and oxygen atoms in total. The van der Waals surface area contributed by atoms with E-state index in [9.17, 15) is 10.5 Å². The summed E-state index contributed by atoms with van der Waals surface area (Å²) in [5, 5.41) is 27.4. The molecule has 1 aliphatic rings. The fraction of sp³-hybridized carbons (Fsp3) is 0.294. The number of H-pyrrole nitrogens is 1. The van der Waals surface area contributed by atoms with Crippen molar-refractivity contribution in [2.24, 2.45) is 5.92 Å². The molecule has 3 aromatic heterocycles. The quantitative estimate of drug-likeness (QED) is 0.765. The SMILES string of the molecule is CC(C#N)C1(n2cc(-c3c(C#N)cnc4[nH]ccc34)cn2)CNC1. The van der Waals surface area contributed by atoms with E-state index in [1.165, 1.54) is 0 Å². The molecule has 1 saturated heterocycles. The lowest BCUT2D eigenvalue weighted by molar-refractivity contribution is 0.112. The second-order valence-corrected chi connectivity index (χ2v) is 6.13. The predicted molar refractivity (Wildman–Crippen MR) is 87.7 cm³/mol. The number of aromatic amines is 1. The summed E-state index contributed by atoms with van der Waals surface area (Å²) in [4.78, 5) is 7.33. The normalized spacial score (nSPS) is 17.0. The summed E-state index contributed by atoms with van der Waals surface area (Å²) in [5.74, 6) is -0.161. The van der Waals surface area contributed by atoms with Gasteiger partial charge in [-0.1, -0.05) is 0 Å². The van der Waals surface area contributed by atoms with Crippen molar-refractivity contribution in [2.75, 3.05) is 13.1 Å². The maximum atomic E-state index is 9.45. The highest BCUT2D eigenvalue weighted by molar-refractivity contribution is 5.95. The smallest absolute Gasteiger partial charge is 0.137 e. The van der Waals surface area contributed by atoms with Crippen molar-refractivity contribution in [3.63, 3.8) is 0 Å². The Bertz CT molecular complexity index is 994. The minimum atomic E-state index is -0.329. The van der Waals surface area contributed by atoms with Gasteiger partial charge in [-0.3, -0.25) is 4.68 Å². The number of aromatic nitrogens is 4. The molecule has 0 aromatic carbocycles. The highest BCUT2D eigenvalue weighted by Crippen LogP contribution is 2.34. The lowest BCUT2D eigenvalue weighted by Gasteiger charge is -2.44. The Morgan fingerprint density at radius 1 is 1.33 bits per heavy atom. The Morgan fingerprint density at radius 2 is 2.17 bits per heavy atom. The molecule has 24 heavy (non-hydrogen) atoms. The minimum absolute atomic E-state index is 0.161. The van der Waals surface area contributed by atoms with Crippen molar-refractivity contribution in [3.8, 4) is 23.3 Å². The Labute approximate surface area is 138 Å². The summed E-state index contributed by atoms with van der Waals surface area (Å²) < 4.78 is 1.87. The van der Waals surface area contributed by atoms with Crippen LogP contribution in [0.3, 0.4) is 0 Å². The molecule has 0 saturated carbocycles. The Morgan fingerprint density at radius 3 is 2.83 bits per heavy atom. The largest absolute Gasteiger partial charge is 0.346 e. The first-order chi connectivity index (χ1) is 11.7. The van der Waals surface area contributed by atoms with Crippen LogP contribution in [0.15, 0.2) is 30.9 Å². The van der Waals surface area contributed by atoms with Crippen LogP contribution in [0.4, 0.5) is 0 Å². The third-order valence-corrected chi connectivity index (χ3v) is 4.90. The highest BCUT2D eigenvalue weighted by Gasteiger charge is 2.45. The average Bonchev–Trinajstić information content (AvgIpc) is 3.21. The summed E-state index contributed by atoms with van der Waals surface area (Å²) in [7, 11) is 0. The first-order valence-corrected chi connectivity index (χ1v) is 7.71. The van der Waals surface area contributed by atoms with Crippen molar-refractivity contribution in [1.82, 2.24) is 25.1 Å². The van der Waals surface area contributed by atoms with Crippen LogP contribution < -0.4 is 5.32 Å². The summed E-state index contributed by atoms with van der Waals surface area (Å²) in [6.07, 6.45) is 7.07. The maximum Gasteiger partial charge on any atom is 0.137 e. The number of hydrogen-bond donors (Lipinski definition) is 2.